The highest BCUT2D eigenvalue weighted by atomic mass is 32.1. The smallest absolute Gasteiger partial charge is 0.332 e. The maximum Gasteiger partial charge on any atom is 0.332 e. The molecule has 2 aromatic heterocycles. The first-order valence-electron chi connectivity index (χ1n) is 11.9. The number of amides is 3. The fourth-order valence-corrected chi connectivity index (χ4v) is 5.52. The van der Waals surface area contributed by atoms with Crippen molar-refractivity contribution in [2.24, 2.45) is 0 Å². The van der Waals surface area contributed by atoms with E-state index in [1.54, 1.807) is 6.07 Å². The summed E-state index contributed by atoms with van der Waals surface area (Å²) in [6.07, 6.45) is 1.40. The van der Waals surface area contributed by atoms with E-state index in [0.29, 0.717) is 43.4 Å². The van der Waals surface area contributed by atoms with Crippen molar-refractivity contribution in [3.8, 4) is 0 Å². The van der Waals surface area contributed by atoms with Crippen LogP contribution in [0.25, 0.3) is 10.2 Å². The Labute approximate surface area is 218 Å². The minimum absolute atomic E-state index is 0.321. The summed E-state index contributed by atoms with van der Waals surface area (Å²) in [6.45, 7) is 6.08. The van der Waals surface area contributed by atoms with Gasteiger partial charge in [-0.3, -0.25) is 9.69 Å². The highest BCUT2D eigenvalue weighted by Crippen LogP contribution is 2.44. The molecule has 0 bridgehead atoms. The number of urea groups is 1. The summed E-state index contributed by atoms with van der Waals surface area (Å²) < 4.78 is 5.41. The van der Waals surface area contributed by atoms with E-state index in [2.05, 4.69) is 25.5 Å². The van der Waals surface area contributed by atoms with Crippen molar-refractivity contribution in [2.45, 2.75) is 13.5 Å². The molecule has 3 amide bonds. The molecular formula is C26H23BN6O3S. The zero-order valence-electron chi connectivity index (χ0n) is 20.2. The standard InChI is InChI=1S/C26H23BN6O3S/c1-15-2-7-18(12-19(15)27)33-23-20-21(31-26(33)35)22(37-25(20)29-14-28-23)24(34)30-17-5-3-16(4-6-17)13-32-8-10-36-11-9-32/h2-7,12,14H,8-11,13H2,1H3,(H,30,34)(H,31,35). The predicted octanol–water partition coefficient (Wildman–Crippen LogP) is 3.56. The van der Waals surface area contributed by atoms with Crippen molar-refractivity contribution in [1.82, 2.24) is 14.9 Å². The zero-order chi connectivity index (χ0) is 25.5. The predicted molar refractivity (Wildman–Crippen MR) is 146 cm³/mol. The number of nitrogens with one attached hydrogen (secondary N) is 2. The van der Waals surface area contributed by atoms with Gasteiger partial charge in [-0.15, -0.1) is 11.3 Å². The number of anilines is 4. The van der Waals surface area contributed by atoms with Crippen LogP contribution < -0.4 is 21.0 Å². The summed E-state index contributed by atoms with van der Waals surface area (Å²) in [4.78, 5) is 40.0. The largest absolute Gasteiger partial charge is 0.379 e. The van der Waals surface area contributed by atoms with E-state index < -0.39 is 6.03 Å². The third-order valence-electron chi connectivity index (χ3n) is 6.56. The number of ether oxygens (including phenoxy) is 1. The topological polar surface area (TPSA) is 99.7 Å². The quantitative estimate of drug-likeness (QED) is 0.399. The molecule has 37 heavy (non-hydrogen) atoms. The van der Waals surface area contributed by atoms with Crippen molar-refractivity contribution in [3.63, 3.8) is 0 Å². The van der Waals surface area contributed by atoms with Crippen LogP contribution in [-0.2, 0) is 11.3 Å². The van der Waals surface area contributed by atoms with Crippen LogP contribution in [0.3, 0.4) is 0 Å². The van der Waals surface area contributed by atoms with Crippen LogP contribution in [0.5, 0.6) is 0 Å². The van der Waals surface area contributed by atoms with E-state index in [0.717, 1.165) is 38.4 Å². The number of carbonyl (C=O) groups is 2. The molecule has 1 saturated heterocycles. The van der Waals surface area contributed by atoms with Crippen LogP contribution in [0, 0.1) is 6.92 Å². The van der Waals surface area contributed by atoms with Crippen LogP contribution in [0.15, 0.2) is 48.8 Å². The van der Waals surface area contributed by atoms with Gasteiger partial charge in [0.1, 0.15) is 23.9 Å². The number of thiophene rings is 1. The van der Waals surface area contributed by atoms with Crippen LogP contribution in [0.1, 0.15) is 20.8 Å². The van der Waals surface area contributed by atoms with Gasteiger partial charge in [0, 0.05) is 25.3 Å². The average Bonchev–Trinajstić information content (AvgIpc) is 3.27. The molecular weight excluding hydrogens is 487 g/mol. The molecule has 0 atom stereocenters. The summed E-state index contributed by atoms with van der Waals surface area (Å²) in [6, 6.07) is 12.8. The number of hydrogen-bond donors (Lipinski definition) is 2. The second-order valence-corrected chi connectivity index (χ2v) is 10.0. The van der Waals surface area contributed by atoms with Gasteiger partial charge >= 0.3 is 6.03 Å². The monoisotopic (exact) mass is 510 g/mol. The van der Waals surface area contributed by atoms with Gasteiger partial charge < -0.3 is 15.4 Å². The second-order valence-electron chi connectivity index (χ2n) is 9.03. The molecule has 0 aliphatic carbocycles. The van der Waals surface area contributed by atoms with E-state index in [1.165, 1.54) is 28.1 Å². The van der Waals surface area contributed by atoms with Gasteiger partial charge in [-0.05, 0) is 36.8 Å². The molecule has 0 unspecified atom stereocenters. The maximum atomic E-state index is 13.3. The van der Waals surface area contributed by atoms with Crippen molar-refractivity contribution in [1.29, 1.82) is 0 Å². The number of carbonyl (C=O) groups excluding carboxylic acids is 2. The summed E-state index contributed by atoms with van der Waals surface area (Å²) in [5, 5.41) is 6.45. The summed E-state index contributed by atoms with van der Waals surface area (Å²) in [5.41, 5.74) is 4.33. The number of aromatic nitrogens is 2. The van der Waals surface area contributed by atoms with Gasteiger partial charge in [-0.1, -0.05) is 29.2 Å². The lowest BCUT2D eigenvalue weighted by atomic mass is 9.90. The van der Waals surface area contributed by atoms with E-state index in [1.807, 2.05) is 43.3 Å². The molecule has 4 aromatic rings. The number of nitrogens with zero attached hydrogens (tertiary/aromatic N) is 4. The Morgan fingerprint density at radius 2 is 1.95 bits per heavy atom. The fraction of sp³-hybridized carbons (Fsp3) is 0.231. The van der Waals surface area contributed by atoms with Crippen LogP contribution in [0.2, 0.25) is 0 Å². The average molecular weight is 510 g/mol. The lowest BCUT2D eigenvalue weighted by Crippen LogP contribution is -2.35. The Hall–Kier alpha value is -3.80. The van der Waals surface area contributed by atoms with Crippen LogP contribution in [-0.4, -0.2) is 61.0 Å². The van der Waals surface area contributed by atoms with Crippen molar-refractivity contribution >= 4 is 69.7 Å². The number of benzene rings is 2. The summed E-state index contributed by atoms with van der Waals surface area (Å²) in [5.74, 6) is 0.0907. The Morgan fingerprint density at radius 1 is 1.16 bits per heavy atom. The molecule has 11 heteroatoms. The SMILES string of the molecule is [B]c1cc(N2C(=O)Nc3c(C(=O)Nc4ccc(CN5CCOCC5)cc4)sc4ncnc2c34)ccc1C. The first-order valence-corrected chi connectivity index (χ1v) is 12.7. The zero-order valence-corrected chi connectivity index (χ0v) is 21.0. The van der Waals surface area contributed by atoms with E-state index in [-0.39, 0.29) is 5.91 Å². The molecule has 2 aliphatic rings. The van der Waals surface area contributed by atoms with Crippen LogP contribution >= 0.6 is 11.3 Å². The number of morpholine rings is 1. The van der Waals surface area contributed by atoms with Crippen molar-refractivity contribution in [2.75, 3.05) is 41.8 Å². The van der Waals surface area contributed by atoms with Gasteiger partial charge in [0.15, 0.2) is 5.82 Å². The van der Waals surface area contributed by atoms with Crippen molar-refractivity contribution in [3.05, 3.63) is 64.8 Å². The highest BCUT2D eigenvalue weighted by molar-refractivity contribution is 7.21. The molecule has 0 saturated carbocycles. The molecule has 2 N–H and O–H groups in total. The van der Waals surface area contributed by atoms with Crippen LogP contribution in [0.4, 0.5) is 27.7 Å². The maximum absolute atomic E-state index is 13.3. The Morgan fingerprint density at radius 3 is 2.70 bits per heavy atom. The lowest BCUT2D eigenvalue weighted by Gasteiger charge is -2.27. The van der Waals surface area contributed by atoms with Gasteiger partial charge in [0.25, 0.3) is 5.91 Å². The Kier molecular flexibility index (Phi) is 6.11. The minimum atomic E-state index is -0.421. The van der Waals surface area contributed by atoms with Gasteiger partial charge in [0.05, 0.1) is 30.0 Å². The van der Waals surface area contributed by atoms with Gasteiger partial charge in [-0.2, -0.15) is 0 Å². The lowest BCUT2D eigenvalue weighted by molar-refractivity contribution is 0.0342. The van der Waals surface area contributed by atoms with E-state index in [9.17, 15) is 9.59 Å². The molecule has 184 valence electrons. The molecule has 4 heterocycles. The first kappa shape index (κ1) is 23.6. The Balaban J connectivity index is 1.27. The normalized spacial score (nSPS) is 15.6. The third kappa shape index (κ3) is 4.46. The third-order valence-corrected chi connectivity index (χ3v) is 7.66. The minimum Gasteiger partial charge on any atom is -0.379 e. The number of aryl methyl sites for hydroxylation is 1. The van der Waals surface area contributed by atoms with E-state index >= 15 is 0 Å². The summed E-state index contributed by atoms with van der Waals surface area (Å²) in [7, 11) is 6.09. The Bertz CT molecular complexity index is 1520. The highest BCUT2D eigenvalue weighted by Gasteiger charge is 2.34. The molecule has 1 fully saturated rings. The molecule has 2 aliphatic heterocycles. The molecule has 9 nitrogen and oxygen atoms in total. The number of hydrogen-bond acceptors (Lipinski definition) is 7. The molecule has 0 spiro atoms. The second kappa shape index (κ2) is 9.58. The fourth-order valence-electron chi connectivity index (χ4n) is 4.53. The first-order chi connectivity index (χ1) is 18.0. The van der Waals surface area contributed by atoms with Gasteiger partial charge in [-0.25, -0.2) is 19.7 Å². The van der Waals surface area contributed by atoms with E-state index in [4.69, 9.17) is 12.6 Å². The number of rotatable bonds is 5. The summed E-state index contributed by atoms with van der Waals surface area (Å²) >= 11 is 1.21. The molecule has 6 rings (SSSR count). The van der Waals surface area contributed by atoms with Crippen molar-refractivity contribution < 1.29 is 14.3 Å². The molecule has 2 radical (unpaired) electrons. The van der Waals surface area contributed by atoms with Gasteiger partial charge in [0.2, 0.25) is 0 Å². The molecule has 2 aromatic carbocycles.